The lowest BCUT2D eigenvalue weighted by atomic mass is 10.0. The Morgan fingerprint density at radius 3 is 2.25 bits per heavy atom. The van der Waals surface area contributed by atoms with E-state index in [2.05, 4.69) is 6.07 Å². The zero-order valence-electron chi connectivity index (χ0n) is 17.5. The van der Waals surface area contributed by atoms with Crippen molar-refractivity contribution in [2.45, 2.75) is 6.61 Å². The number of halogens is 1. The highest BCUT2D eigenvalue weighted by Crippen LogP contribution is 2.33. The monoisotopic (exact) mass is 449 g/mol. The Labute approximate surface area is 190 Å². The summed E-state index contributed by atoms with van der Waals surface area (Å²) in [5.41, 5.74) is 2.69. The predicted molar refractivity (Wildman–Crippen MR) is 122 cm³/mol. The van der Waals surface area contributed by atoms with E-state index in [0.29, 0.717) is 39.0 Å². The molecule has 0 bridgehead atoms. The molecule has 0 aromatic heterocycles. The molecule has 6 nitrogen and oxygen atoms in total. The SMILES string of the molecule is COc1ccc(/C(C#N)=C/c2cc(Cl)ccc2OCc2ccc(C(=O)O)cc2)cc1OC. The number of benzene rings is 3. The van der Waals surface area contributed by atoms with E-state index in [0.717, 1.165) is 5.56 Å². The quantitative estimate of drug-likeness (QED) is 0.350. The van der Waals surface area contributed by atoms with E-state index in [9.17, 15) is 10.1 Å². The number of carbonyl (C=O) groups is 1. The summed E-state index contributed by atoms with van der Waals surface area (Å²) in [6.07, 6.45) is 1.69. The first-order chi connectivity index (χ1) is 15.4. The van der Waals surface area contributed by atoms with Gasteiger partial charge in [0.2, 0.25) is 0 Å². The number of hydrogen-bond acceptors (Lipinski definition) is 5. The van der Waals surface area contributed by atoms with E-state index in [-0.39, 0.29) is 12.2 Å². The smallest absolute Gasteiger partial charge is 0.335 e. The first-order valence-corrected chi connectivity index (χ1v) is 9.91. The number of carboxylic acid groups (broad SMARTS) is 1. The number of rotatable bonds is 8. The second kappa shape index (κ2) is 10.4. The van der Waals surface area contributed by atoms with E-state index >= 15 is 0 Å². The van der Waals surface area contributed by atoms with Crippen LogP contribution in [0.25, 0.3) is 11.6 Å². The fourth-order valence-electron chi connectivity index (χ4n) is 3.01. The molecular weight excluding hydrogens is 430 g/mol. The summed E-state index contributed by atoms with van der Waals surface area (Å²) in [6.45, 7) is 0.223. The highest BCUT2D eigenvalue weighted by Gasteiger charge is 2.11. The van der Waals surface area contributed by atoms with Crippen LogP contribution in [0.2, 0.25) is 5.02 Å². The second-order valence-corrected chi connectivity index (χ2v) is 7.15. The van der Waals surface area contributed by atoms with Crippen LogP contribution in [0.5, 0.6) is 17.2 Å². The van der Waals surface area contributed by atoms with Crippen LogP contribution in [0.15, 0.2) is 60.7 Å². The topological polar surface area (TPSA) is 88.8 Å². The van der Waals surface area contributed by atoms with Crippen molar-refractivity contribution in [1.29, 1.82) is 5.26 Å². The van der Waals surface area contributed by atoms with Gasteiger partial charge in [-0.25, -0.2) is 4.79 Å². The van der Waals surface area contributed by atoms with Gasteiger partial charge in [-0.05, 0) is 65.7 Å². The summed E-state index contributed by atoms with van der Waals surface area (Å²) >= 11 is 6.18. The first-order valence-electron chi connectivity index (χ1n) is 9.54. The van der Waals surface area contributed by atoms with Crippen LogP contribution in [-0.4, -0.2) is 25.3 Å². The lowest BCUT2D eigenvalue weighted by Crippen LogP contribution is -2.00. The van der Waals surface area contributed by atoms with Crippen molar-refractivity contribution in [2.24, 2.45) is 0 Å². The maximum Gasteiger partial charge on any atom is 0.335 e. The zero-order chi connectivity index (χ0) is 23.1. The van der Waals surface area contributed by atoms with Crippen LogP contribution in [0, 0.1) is 11.3 Å². The normalized spacial score (nSPS) is 10.9. The summed E-state index contributed by atoms with van der Waals surface area (Å²) in [4.78, 5) is 11.0. The number of ether oxygens (including phenoxy) is 3. The van der Waals surface area contributed by atoms with Crippen LogP contribution in [-0.2, 0) is 6.61 Å². The minimum absolute atomic E-state index is 0.206. The second-order valence-electron chi connectivity index (χ2n) is 6.71. The summed E-state index contributed by atoms with van der Waals surface area (Å²) < 4.78 is 16.5. The van der Waals surface area contributed by atoms with Gasteiger partial charge >= 0.3 is 5.97 Å². The molecule has 0 aliphatic rings. The molecule has 0 atom stereocenters. The van der Waals surface area contributed by atoms with E-state index < -0.39 is 5.97 Å². The molecule has 3 aromatic carbocycles. The van der Waals surface area contributed by atoms with Gasteiger partial charge < -0.3 is 19.3 Å². The third kappa shape index (κ3) is 5.39. The minimum Gasteiger partial charge on any atom is -0.493 e. The fraction of sp³-hybridized carbons (Fsp3) is 0.120. The number of methoxy groups -OCH3 is 2. The molecule has 3 aromatic rings. The first kappa shape index (κ1) is 22.7. The van der Waals surface area contributed by atoms with Gasteiger partial charge in [-0.15, -0.1) is 0 Å². The maximum atomic E-state index is 11.0. The Morgan fingerprint density at radius 2 is 1.62 bits per heavy atom. The van der Waals surface area contributed by atoms with Gasteiger partial charge in [0.1, 0.15) is 12.4 Å². The molecule has 0 saturated carbocycles. The van der Waals surface area contributed by atoms with Crippen molar-refractivity contribution in [3.63, 3.8) is 0 Å². The molecule has 0 unspecified atom stereocenters. The highest BCUT2D eigenvalue weighted by atomic mass is 35.5. The van der Waals surface area contributed by atoms with Crippen molar-refractivity contribution in [1.82, 2.24) is 0 Å². The van der Waals surface area contributed by atoms with Gasteiger partial charge in [0.25, 0.3) is 0 Å². The molecule has 7 heteroatoms. The van der Waals surface area contributed by atoms with Crippen molar-refractivity contribution >= 4 is 29.2 Å². The van der Waals surface area contributed by atoms with Gasteiger partial charge in [0, 0.05) is 10.6 Å². The number of aromatic carboxylic acids is 1. The molecule has 0 aliphatic carbocycles. The molecule has 0 radical (unpaired) electrons. The highest BCUT2D eigenvalue weighted by molar-refractivity contribution is 6.30. The van der Waals surface area contributed by atoms with Gasteiger partial charge in [-0.1, -0.05) is 23.7 Å². The average Bonchev–Trinajstić information content (AvgIpc) is 2.81. The van der Waals surface area contributed by atoms with E-state index in [1.54, 1.807) is 61.7 Å². The van der Waals surface area contributed by atoms with Gasteiger partial charge in [0.15, 0.2) is 11.5 Å². The Morgan fingerprint density at radius 1 is 0.969 bits per heavy atom. The van der Waals surface area contributed by atoms with Gasteiger partial charge in [-0.2, -0.15) is 5.26 Å². The fourth-order valence-corrected chi connectivity index (χ4v) is 3.19. The molecule has 0 aliphatic heterocycles. The Kier molecular flexibility index (Phi) is 7.37. The molecule has 3 rings (SSSR count). The lowest BCUT2D eigenvalue weighted by Gasteiger charge is -2.12. The predicted octanol–water partition coefficient (Wildman–Crippen LogP) is 5.70. The third-order valence-corrected chi connectivity index (χ3v) is 4.92. The maximum absolute atomic E-state index is 11.0. The zero-order valence-corrected chi connectivity index (χ0v) is 18.2. The number of hydrogen-bond donors (Lipinski definition) is 1. The number of allylic oxidation sites excluding steroid dienone is 1. The summed E-state index contributed by atoms with van der Waals surface area (Å²) in [6, 6.07) is 19.0. The molecule has 0 heterocycles. The molecule has 1 N–H and O–H groups in total. The molecule has 0 saturated heterocycles. The minimum atomic E-state index is -0.984. The molecule has 0 spiro atoms. The Hall–Kier alpha value is -3.95. The van der Waals surface area contributed by atoms with Crippen molar-refractivity contribution in [3.05, 3.63) is 87.9 Å². The van der Waals surface area contributed by atoms with Gasteiger partial charge in [-0.3, -0.25) is 0 Å². The Bertz CT molecular complexity index is 1200. The number of carboxylic acids is 1. The van der Waals surface area contributed by atoms with Crippen LogP contribution >= 0.6 is 11.6 Å². The van der Waals surface area contributed by atoms with E-state index in [1.807, 2.05) is 0 Å². The lowest BCUT2D eigenvalue weighted by molar-refractivity contribution is 0.0697. The van der Waals surface area contributed by atoms with Crippen LogP contribution in [0.4, 0.5) is 0 Å². The Balaban J connectivity index is 1.90. The summed E-state index contributed by atoms with van der Waals surface area (Å²) in [5, 5.41) is 19.3. The van der Waals surface area contributed by atoms with Gasteiger partial charge in [0.05, 0.1) is 31.4 Å². The van der Waals surface area contributed by atoms with Crippen molar-refractivity contribution < 1.29 is 24.1 Å². The largest absolute Gasteiger partial charge is 0.493 e. The number of nitrogens with zero attached hydrogens (tertiary/aromatic N) is 1. The van der Waals surface area contributed by atoms with Crippen molar-refractivity contribution in [3.8, 4) is 23.3 Å². The van der Waals surface area contributed by atoms with E-state index in [1.165, 1.54) is 19.2 Å². The summed E-state index contributed by atoms with van der Waals surface area (Å²) in [7, 11) is 3.08. The number of nitriles is 1. The van der Waals surface area contributed by atoms with Crippen LogP contribution in [0.3, 0.4) is 0 Å². The van der Waals surface area contributed by atoms with Crippen molar-refractivity contribution in [2.75, 3.05) is 14.2 Å². The third-order valence-electron chi connectivity index (χ3n) is 4.68. The molecular formula is C25H20ClNO5. The average molecular weight is 450 g/mol. The van der Waals surface area contributed by atoms with Crippen LogP contribution in [0.1, 0.15) is 27.0 Å². The standard InChI is InChI=1S/C25H20ClNO5/c1-30-23-9-7-18(13-24(23)31-2)20(14-27)11-19-12-21(26)8-10-22(19)32-15-16-3-5-17(6-4-16)25(28)29/h3-13H,15H2,1-2H3,(H,28,29)/b20-11+. The van der Waals surface area contributed by atoms with Crippen LogP contribution < -0.4 is 14.2 Å². The molecule has 162 valence electrons. The summed E-state index contributed by atoms with van der Waals surface area (Å²) in [5.74, 6) is 0.625. The molecule has 32 heavy (non-hydrogen) atoms. The molecule has 0 amide bonds. The van der Waals surface area contributed by atoms with E-state index in [4.69, 9.17) is 30.9 Å². The molecule has 0 fully saturated rings.